The molecule has 0 unspecified atom stereocenters. The first-order valence-electron chi connectivity index (χ1n) is 10.4. The van der Waals surface area contributed by atoms with E-state index in [0.29, 0.717) is 6.61 Å². The van der Waals surface area contributed by atoms with Crippen molar-refractivity contribution >= 4 is 28.7 Å². The first-order chi connectivity index (χ1) is 15.6. The van der Waals surface area contributed by atoms with E-state index in [4.69, 9.17) is 32.4 Å². The fraction of sp³-hybridized carbons (Fsp3) is 0.115. The molecule has 0 saturated carbocycles. The van der Waals surface area contributed by atoms with Crippen LogP contribution >= 0.6 is 12.2 Å². The molecular weight excluding hydrogens is 418 g/mol. The fourth-order valence-corrected chi connectivity index (χ4v) is 4.73. The Labute approximate surface area is 190 Å². The van der Waals surface area contributed by atoms with E-state index in [1.54, 1.807) is 6.20 Å². The predicted molar refractivity (Wildman–Crippen MR) is 129 cm³/mol. The van der Waals surface area contributed by atoms with Gasteiger partial charge in [-0.2, -0.15) is 0 Å². The van der Waals surface area contributed by atoms with Crippen molar-refractivity contribution in [2.24, 2.45) is 10.7 Å². The molecule has 2 aliphatic heterocycles. The predicted octanol–water partition coefficient (Wildman–Crippen LogP) is 5.16. The maximum absolute atomic E-state index is 6.31. The number of thiocarbonyl (C=S) groups is 1. The van der Waals surface area contributed by atoms with Crippen molar-refractivity contribution in [1.82, 2.24) is 4.98 Å². The molecule has 0 fully saturated rings. The number of benzene rings is 2. The lowest BCUT2D eigenvalue weighted by Crippen LogP contribution is -2.31. The molecule has 3 heterocycles. The minimum Gasteiger partial charge on any atom is -0.462 e. The Kier molecular flexibility index (Phi) is 4.23. The average Bonchev–Trinajstić information content (AvgIpc) is 3.22. The zero-order valence-electron chi connectivity index (χ0n) is 17.1. The third kappa shape index (κ3) is 2.95. The quantitative estimate of drug-likeness (QED) is 0.561. The molecule has 2 N–H and O–H groups in total. The normalized spacial score (nSPS) is 20.7. The highest BCUT2D eigenvalue weighted by atomic mass is 32.1. The fourth-order valence-electron chi connectivity index (χ4n) is 4.51. The Morgan fingerprint density at radius 1 is 0.969 bits per heavy atom. The summed E-state index contributed by atoms with van der Waals surface area (Å²) >= 11 is 5.42. The second-order valence-electron chi connectivity index (χ2n) is 8.04. The highest BCUT2D eigenvalue weighted by Gasteiger charge is 2.47. The van der Waals surface area contributed by atoms with Crippen molar-refractivity contribution in [2.45, 2.75) is 12.0 Å². The summed E-state index contributed by atoms with van der Waals surface area (Å²) in [4.78, 5) is 9.98. The molecule has 1 atom stereocenters. The van der Waals surface area contributed by atoms with Gasteiger partial charge in [0.25, 0.3) is 6.02 Å². The Bertz CT molecular complexity index is 1360. The number of pyridine rings is 1. The average molecular weight is 438 g/mol. The first-order valence-corrected chi connectivity index (χ1v) is 10.8. The summed E-state index contributed by atoms with van der Waals surface area (Å²) < 4.78 is 12.0. The smallest absolute Gasteiger partial charge is 0.283 e. The number of aromatic nitrogens is 1. The summed E-state index contributed by atoms with van der Waals surface area (Å²) in [6.45, 7) is 0.315. The molecule has 1 aromatic heterocycles. The highest BCUT2D eigenvalue weighted by molar-refractivity contribution is 7.80. The number of hydrogen-bond donors (Lipinski definition) is 1. The van der Waals surface area contributed by atoms with Crippen LogP contribution in [0.4, 0.5) is 0 Å². The van der Waals surface area contributed by atoms with E-state index in [1.807, 2.05) is 42.6 Å². The third-order valence-electron chi connectivity index (χ3n) is 6.06. The van der Waals surface area contributed by atoms with Crippen LogP contribution in [0.3, 0.4) is 0 Å². The van der Waals surface area contributed by atoms with Gasteiger partial charge in [-0.15, -0.1) is 0 Å². The molecule has 0 radical (unpaired) electrons. The largest absolute Gasteiger partial charge is 0.462 e. The van der Waals surface area contributed by atoms with Gasteiger partial charge in [0.1, 0.15) is 18.1 Å². The molecule has 3 aromatic rings. The van der Waals surface area contributed by atoms with Gasteiger partial charge in [-0.1, -0.05) is 42.6 Å². The van der Waals surface area contributed by atoms with Crippen molar-refractivity contribution in [3.8, 4) is 22.6 Å². The van der Waals surface area contributed by atoms with E-state index >= 15 is 0 Å². The number of nitrogens with zero attached hydrogens (tertiary/aromatic N) is 2. The molecule has 6 rings (SSSR count). The van der Waals surface area contributed by atoms with Gasteiger partial charge in [0.15, 0.2) is 5.54 Å². The molecule has 5 nitrogen and oxygen atoms in total. The van der Waals surface area contributed by atoms with E-state index < -0.39 is 5.54 Å². The van der Waals surface area contributed by atoms with Gasteiger partial charge in [-0.05, 0) is 53.1 Å². The third-order valence-corrected chi connectivity index (χ3v) is 6.35. The number of aliphatic imine (C=N–C) groups is 1. The maximum atomic E-state index is 6.31. The van der Waals surface area contributed by atoms with Gasteiger partial charge in [0.05, 0.1) is 0 Å². The Hall–Kier alpha value is -3.77. The van der Waals surface area contributed by atoms with Gasteiger partial charge in [0, 0.05) is 40.4 Å². The zero-order valence-corrected chi connectivity index (χ0v) is 17.9. The van der Waals surface area contributed by atoms with Gasteiger partial charge < -0.3 is 15.2 Å². The summed E-state index contributed by atoms with van der Waals surface area (Å²) in [5.74, 6) is 1.50. The molecule has 3 aliphatic rings. The molecule has 0 bridgehead atoms. The summed E-state index contributed by atoms with van der Waals surface area (Å²) in [5, 5.41) is 0. The van der Waals surface area contributed by atoms with Gasteiger partial charge >= 0.3 is 0 Å². The monoisotopic (exact) mass is 437 g/mol. The maximum Gasteiger partial charge on any atom is 0.283 e. The van der Waals surface area contributed by atoms with E-state index in [-0.39, 0.29) is 6.02 Å². The SMILES string of the molecule is NC1=N[C@@]2(CO1)c1cc(C3=CC(=S)CC=C3)ccc1Oc1ccc(-c3cccnc3)cc12. The van der Waals surface area contributed by atoms with E-state index in [2.05, 4.69) is 35.3 Å². The number of hydrogen-bond acceptors (Lipinski definition) is 6. The van der Waals surface area contributed by atoms with Crippen LogP contribution in [0.25, 0.3) is 16.7 Å². The lowest BCUT2D eigenvalue weighted by Gasteiger charge is -2.34. The molecule has 1 spiro atoms. The number of rotatable bonds is 2. The summed E-state index contributed by atoms with van der Waals surface area (Å²) in [6.07, 6.45) is 10.7. The molecule has 156 valence electrons. The van der Waals surface area contributed by atoms with Crippen molar-refractivity contribution in [3.63, 3.8) is 0 Å². The Balaban J connectivity index is 1.54. The highest BCUT2D eigenvalue weighted by Crippen LogP contribution is 2.52. The van der Waals surface area contributed by atoms with Crippen LogP contribution in [-0.2, 0) is 10.3 Å². The second-order valence-corrected chi connectivity index (χ2v) is 8.56. The van der Waals surface area contributed by atoms with Gasteiger partial charge in [-0.25, -0.2) is 4.99 Å². The minimum atomic E-state index is -0.777. The van der Waals surface area contributed by atoms with E-state index in [1.165, 1.54) is 0 Å². The molecule has 0 saturated heterocycles. The van der Waals surface area contributed by atoms with Crippen molar-refractivity contribution in [1.29, 1.82) is 0 Å². The number of fused-ring (bicyclic) bond motifs is 4. The van der Waals surface area contributed by atoms with Crippen LogP contribution in [0.15, 0.2) is 84.1 Å². The molecule has 32 heavy (non-hydrogen) atoms. The second kappa shape index (κ2) is 7.14. The topological polar surface area (TPSA) is 69.7 Å². The first kappa shape index (κ1) is 19.0. The Morgan fingerprint density at radius 3 is 2.44 bits per heavy atom. The van der Waals surface area contributed by atoms with E-state index in [0.717, 1.165) is 56.2 Å². The van der Waals surface area contributed by atoms with Crippen molar-refractivity contribution in [3.05, 3.63) is 95.8 Å². The molecular formula is C26H19N3O2S. The lowest BCUT2D eigenvalue weighted by atomic mass is 9.79. The number of ether oxygens (including phenoxy) is 2. The van der Waals surface area contributed by atoms with Crippen LogP contribution in [0.5, 0.6) is 11.5 Å². The molecule has 2 aromatic carbocycles. The zero-order chi connectivity index (χ0) is 21.7. The van der Waals surface area contributed by atoms with Crippen LogP contribution in [-0.4, -0.2) is 22.5 Å². The Morgan fingerprint density at radius 2 is 1.75 bits per heavy atom. The van der Waals surface area contributed by atoms with Crippen LogP contribution < -0.4 is 10.5 Å². The van der Waals surface area contributed by atoms with E-state index in [9.17, 15) is 0 Å². The van der Waals surface area contributed by atoms with Crippen LogP contribution in [0.1, 0.15) is 23.1 Å². The number of amidine groups is 1. The van der Waals surface area contributed by atoms with Gasteiger partial charge in [-0.3, -0.25) is 4.98 Å². The molecule has 0 amide bonds. The molecule has 1 aliphatic carbocycles. The molecule has 6 heteroatoms. The lowest BCUT2D eigenvalue weighted by molar-refractivity contribution is 0.264. The summed E-state index contributed by atoms with van der Waals surface area (Å²) in [7, 11) is 0. The van der Waals surface area contributed by atoms with Crippen LogP contribution in [0.2, 0.25) is 0 Å². The standard InChI is InChI=1S/C26H19N3O2S/c27-25-29-26(15-30-25)21-12-17(16-3-1-5-20(32)11-16)6-8-23(21)31-24-9-7-18(13-22(24)26)19-4-2-10-28-14-19/h1-4,6-14H,5,15H2,(H2,27,29)/t26-/m0/s1. The summed E-state index contributed by atoms with van der Waals surface area (Å²) in [6, 6.07) is 16.4. The number of allylic oxidation sites excluding steroid dienone is 4. The van der Waals surface area contributed by atoms with Crippen molar-refractivity contribution in [2.75, 3.05) is 6.61 Å². The minimum absolute atomic E-state index is 0.180. The van der Waals surface area contributed by atoms with Gasteiger partial charge in [0.2, 0.25) is 0 Å². The van der Waals surface area contributed by atoms with Crippen molar-refractivity contribution < 1.29 is 9.47 Å². The summed E-state index contributed by atoms with van der Waals surface area (Å²) in [5.41, 5.74) is 11.3. The van der Waals surface area contributed by atoms with Crippen LogP contribution in [0, 0.1) is 0 Å². The number of nitrogens with two attached hydrogens (primary N) is 1.